The molecule has 1 fully saturated rings. The van der Waals surface area contributed by atoms with Crippen molar-refractivity contribution >= 4 is 16.9 Å². The van der Waals surface area contributed by atoms with E-state index in [9.17, 15) is 9.59 Å². The van der Waals surface area contributed by atoms with Crippen molar-refractivity contribution in [1.29, 1.82) is 0 Å². The number of nitrogens with zero attached hydrogens (tertiary/aromatic N) is 2. The molecule has 1 aliphatic carbocycles. The minimum Gasteiger partial charge on any atom is -0.465 e. The molecule has 0 saturated heterocycles. The SMILES string of the molecule is COC(=O)c1cc(C2CC2)cnc1Cc1cccc2c1ccc(=O)n2-c1ccccc1. The van der Waals surface area contributed by atoms with Crippen LogP contribution in [-0.4, -0.2) is 22.6 Å². The Labute approximate surface area is 179 Å². The lowest BCUT2D eigenvalue weighted by atomic mass is 9.99. The fourth-order valence-corrected chi connectivity index (χ4v) is 4.09. The maximum absolute atomic E-state index is 12.7. The van der Waals surface area contributed by atoms with Crippen molar-refractivity contribution in [3.8, 4) is 5.69 Å². The third-order valence-corrected chi connectivity index (χ3v) is 5.84. The number of methoxy groups -OCH3 is 1. The second kappa shape index (κ2) is 7.84. The van der Waals surface area contributed by atoms with Crippen LogP contribution in [0, 0.1) is 0 Å². The second-order valence-electron chi connectivity index (χ2n) is 7.90. The maximum atomic E-state index is 12.7. The quantitative estimate of drug-likeness (QED) is 0.450. The zero-order valence-electron chi connectivity index (χ0n) is 17.2. The van der Waals surface area contributed by atoms with Crippen LogP contribution in [0.15, 0.2) is 77.7 Å². The molecule has 2 aromatic heterocycles. The Morgan fingerprint density at radius 1 is 1.06 bits per heavy atom. The number of hydrogen-bond acceptors (Lipinski definition) is 4. The average Bonchev–Trinajstić information content (AvgIpc) is 3.65. The van der Waals surface area contributed by atoms with Crippen LogP contribution in [-0.2, 0) is 11.2 Å². The summed E-state index contributed by atoms with van der Waals surface area (Å²) < 4.78 is 6.74. The first-order chi connectivity index (χ1) is 15.2. The van der Waals surface area contributed by atoms with Gasteiger partial charge in [-0.3, -0.25) is 14.3 Å². The van der Waals surface area contributed by atoms with Gasteiger partial charge in [0.15, 0.2) is 0 Å². The molecule has 2 aromatic carbocycles. The molecule has 5 heteroatoms. The molecule has 0 atom stereocenters. The van der Waals surface area contributed by atoms with Crippen molar-refractivity contribution in [2.24, 2.45) is 0 Å². The lowest BCUT2D eigenvalue weighted by molar-refractivity contribution is 0.0599. The molecule has 154 valence electrons. The number of carbonyl (C=O) groups excluding carboxylic acids is 1. The molecule has 0 radical (unpaired) electrons. The molecule has 0 amide bonds. The minimum absolute atomic E-state index is 0.0852. The maximum Gasteiger partial charge on any atom is 0.339 e. The highest BCUT2D eigenvalue weighted by atomic mass is 16.5. The molecule has 5 nitrogen and oxygen atoms in total. The molecule has 0 unspecified atom stereocenters. The molecule has 5 rings (SSSR count). The third-order valence-electron chi connectivity index (χ3n) is 5.84. The molecule has 0 aliphatic heterocycles. The van der Waals surface area contributed by atoms with Crippen LogP contribution in [0.1, 0.15) is 45.9 Å². The van der Waals surface area contributed by atoms with E-state index in [2.05, 4.69) is 4.98 Å². The Morgan fingerprint density at radius 2 is 1.87 bits per heavy atom. The van der Waals surface area contributed by atoms with E-state index in [0.29, 0.717) is 23.6 Å². The van der Waals surface area contributed by atoms with Gasteiger partial charge >= 0.3 is 5.97 Å². The number of fused-ring (bicyclic) bond motifs is 1. The number of rotatable bonds is 5. The standard InChI is InChI=1S/C26H22N2O3/c1-31-26(30)22-14-19(17-10-11-17)16-27-23(22)15-18-6-5-9-24-21(18)12-13-25(29)28(24)20-7-3-2-4-8-20/h2-9,12-14,16-17H,10-11,15H2,1H3. The van der Waals surface area contributed by atoms with Crippen LogP contribution in [0.3, 0.4) is 0 Å². The summed E-state index contributed by atoms with van der Waals surface area (Å²) in [5, 5.41) is 0.954. The topological polar surface area (TPSA) is 61.2 Å². The molecule has 0 spiro atoms. The first-order valence-corrected chi connectivity index (χ1v) is 10.4. The van der Waals surface area contributed by atoms with Gasteiger partial charge in [0.1, 0.15) is 0 Å². The molecule has 0 N–H and O–H groups in total. The summed E-state index contributed by atoms with van der Waals surface area (Å²) in [6, 6.07) is 20.9. The Kier molecular flexibility index (Phi) is 4.86. The Hall–Kier alpha value is -3.73. The van der Waals surface area contributed by atoms with Crippen LogP contribution in [0.2, 0.25) is 0 Å². The van der Waals surface area contributed by atoms with Gasteiger partial charge in [-0.2, -0.15) is 0 Å². The van der Waals surface area contributed by atoms with E-state index in [0.717, 1.165) is 40.6 Å². The van der Waals surface area contributed by atoms with Gasteiger partial charge in [-0.15, -0.1) is 0 Å². The molecular formula is C26H22N2O3. The molecule has 1 saturated carbocycles. The first kappa shape index (κ1) is 19.2. The summed E-state index contributed by atoms with van der Waals surface area (Å²) in [6.45, 7) is 0. The number of ether oxygens (including phenoxy) is 1. The van der Waals surface area contributed by atoms with Gasteiger partial charge in [-0.25, -0.2) is 4.79 Å². The molecular weight excluding hydrogens is 388 g/mol. The van der Waals surface area contributed by atoms with Gasteiger partial charge < -0.3 is 4.74 Å². The van der Waals surface area contributed by atoms with Crippen molar-refractivity contribution in [2.75, 3.05) is 7.11 Å². The van der Waals surface area contributed by atoms with E-state index >= 15 is 0 Å². The molecule has 1 aliphatic rings. The van der Waals surface area contributed by atoms with Crippen LogP contribution >= 0.6 is 0 Å². The van der Waals surface area contributed by atoms with Crippen molar-refractivity contribution in [3.05, 3.63) is 106 Å². The van der Waals surface area contributed by atoms with Crippen LogP contribution in [0.4, 0.5) is 0 Å². The normalized spacial score (nSPS) is 13.3. The number of esters is 1. The van der Waals surface area contributed by atoms with Crippen LogP contribution in [0.25, 0.3) is 16.6 Å². The van der Waals surface area contributed by atoms with Crippen LogP contribution < -0.4 is 5.56 Å². The Balaban J connectivity index is 1.62. The summed E-state index contributed by atoms with van der Waals surface area (Å²) in [4.78, 5) is 29.8. The zero-order chi connectivity index (χ0) is 21.4. The van der Waals surface area contributed by atoms with Gasteiger partial charge in [0.25, 0.3) is 5.56 Å². The van der Waals surface area contributed by atoms with Gasteiger partial charge in [-0.1, -0.05) is 30.3 Å². The van der Waals surface area contributed by atoms with E-state index in [-0.39, 0.29) is 11.5 Å². The van der Waals surface area contributed by atoms with Crippen molar-refractivity contribution < 1.29 is 9.53 Å². The predicted molar refractivity (Wildman–Crippen MR) is 120 cm³/mol. The largest absolute Gasteiger partial charge is 0.465 e. The van der Waals surface area contributed by atoms with Gasteiger partial charge in [0.2, 0.25) is 0 Å². The second-order valence-corrected chi connectivity index (χ2v) is 7.90. The van der Waals surface area contributed by atoms with E-state index in [1.807, 2.05) is 66.9 Å². The summed E-state index contributed by atoms with van der Waals surface area (Å²) in [5.41, 5.74) is 4.85. The summed E-state index contributed by atoms with van der Waals surface area (Å²) in [6.07, 6.45) is 4.63. The summed E-state index contributed by atoms with van der Waals surface area (Å²) in [7, 11) is 1.40. The fourth-order valence-electron chi connectivity index (χ4n) is 4.09. The Morgan fingerprint density at radius 3 is 2.61 bits per heavy atom. The lowest BCUT2D eigenvalue weighted by Crippen LogP contribution is -2.17. The van der Waals surface area contributed by atoms with E-state index < -0.39 is 0 Å². The molecule has 31 heavy (non-hydrogen) atoms. The van der Waals surface area contributed by atoms with E-state index in [1.54, 1.807) is 10.6 Å². The number of pyridine rings is 2. The Bertz CT molecular complexity index is 1340. The van der Waals surface area contributed by atoms with Gasteiger partial charge in [-0.05, 0) is 60.2 Å². The molecule has 0 bridgehead atoms. The highest BCUT2D eigenvalue weighted by Crippen LogP contribution is 2.40. The number of benzene rings is 2. The smallest absolute Gasteiger partial charge is 0.339 e. The highest BCUT2D eigenvalue weighted by Gasteiger charge is 2.26. The molecule has 4 aromatic rings. The number of aromatic nitrogens is 2. The van der Waals surface area contributed by atoms with Crippen molar-refractivity contribution in [1.82, 2.24) is 9.55 Å². The van der Waals surface area contributed by atoms with E-state index in [4.69, 9.17) is 4.74 Å². The van der Waals surface area contributed by atoms with Gasteiger partial charge in [0, 0.05) is 29.8 Å². The average molecular weight is 410 g/mol. The van der Waals surface area contributed by atoms with Crippen molar-refractivity contribution in [3.63, 3.8) is 0 Å². The van der Waals surface area contributed by atoms with E-state index in [1.165, 1.54) is 7.11 Å². The fraction of sp³-hybridized carbons (Fsp3) is 0.192. The molecule has 2 heterocycles. The van der Waals surface area contributed by atoms with Gasteiger partial charge in [0.05, 0.1) is 23.9 Å². The van der Waals surface area contributed by atoms with Crippen molar-refractivity contribution in [2.45, 2.75) is 25.2 Å². The third kappa shape index (κ3) is 3.63. The first-order valence-electron chi connectivity index (χ1n) is 10.4. The number of hydrogen-bond donors (Lipinski definition) is 0. The number of carbonyl (C=O) groups is 1. The monoisotopic (exact) mass is 410 g/mol. The number of para-hydroxylation sites is 1. The summed E-state index contributed by atoms with van der Waals surface area (Å²) >= 11 is 0. The predicted octanol–water partition coefficient (Wildman–Crippen LogP) is 4.64. The zero-order valence-corrected chi connectivity index (χ0v) is 17.2. The van der Waals surface area contributed by atoms with Crippen LogP contribution in [0.5, 0.6) is 0 Å². The highest BCUT2D eigenvalue weighted by molar-refractivity contribution is 5.91. The summed E-state index contributed by atoms with van der Waals surface area (Å²) in [5.74, 6) is 0.134. The minimum atomic E-state index is -0.369. The lowest BCUT2D eigenvalue weighted by Gasteiger charge is -2.14.